The van der Waals surface area contributed by atoms with E-state index in [9.17, 15) is 9.59 Å². The Morgan fingerprint density at radius 3 is 2.26 bits per heavy atom. The van der Waals surface area contributed by atoms with Crippen molar-refractivity contribution >= 4 is 17.8 Å². The van der Waals surface area contributed by atoms with Crippen LogP contribution in [0.15, 0.2) is 4.99 Å². The Kier molecular flexibility index (Phi) is 15.1. The fourth-order valence-corrected chi connectivity index (χ4v) is 2.03. The molecule has 0 spiro atoms. The summed E-state index contributed by atoms with van der Waals surface area (Å²) < 4.78 is 20.6. The van der Waals surface area contributed by atoms with Gasteiger partial charge in [0.25, 0.3) is 5.91 Å². The van der Waals surface area contributed by atoms with Crippen LogP contribution in [0, 0.1) is 0 Å². The molecule has 0 aromatic rings. The van der Waals surface area contributed by atoms with Gasteiger partial charge in [-0.15, -0.1) is 0 Å². The number of guanidine groups is 1. The van der Waals surface area contributed by atoms with Crippen LogP contribution in [-0.4, -0.2) is 94.4 Å². The maximum atomic E-state index is 12.8. The van der Waals surface area contributed by atoms with Gasteiger partial charge < -0.3 is 40.4 Å². The normalized spacial score (nSPS) is 11.8. The van der Waals surface area contributed by atoms with E-state index < -0.39 is 18.1 Å². The molecular weight excluding hydrogens is 360 g/mol. The van der Waals surface area contributed by atoms with Gasteiger partial charge in [-0.1, -0.05) is 0 Å². The fraction of sp³-hybridized carbons (Fsp3) is 0.812. The maximum absolute atomic E-state index is 12.8. The summed E-state index contributed by atoms with van der Waals surface area (Å²) in [4.78, 5) is 28.7. The maximum Gasteiger partial charge on any atom is 0.303 e. The number of carbonyl (C=O) groups excluding carboxylic acids is 1. The zero-order valence-electron chi connectivity index (χ0n) is 16.1. The molecule has 1 atom stereocenters. The molecule has 0 aliphatic carbocycles. The summed E-state index contributed by atoms with van der Waals surface area (Å²) in [5.74, 6) is -1.57. The molecule has 0 unspecified atom stereocenters. The molecule has 0 aromatic carbocycles. The molecule has 11 nitrogen and oxygen atoms in total. The highest BCUT2D eigenvalue weighted by molar-refractivity contribution is 5.85. The zero-order valence-corrected chi connectivity index (χ0v) is 16.1. The van der Waals surface area contributed by atoms with E-state index in [0.717, 1.165) is 0 Å². The van der Waals surface area contributed by atoms with E-state index in [1.807, 2.05) is 0 Å². The first-order valence-corrected chi connectivity index (χ1v) is 8.68. The molecule has 0 saturated carbocycles. The van der Waals surface area contributed by atoms with E-state index in [0.29, 0.717) is 45.8 Å². The molecule has 0 bridgehead atoms. The SMILES string of the molecule is COCCOCCN(CCCCC(=O)O)C(=O)[C@@H](N=C(N)N)OCCOC. The number of rotatable bonds is 17. The summed E-state index contributed by atoms with van der Waals surface area (Å²) in [5.41, 5.74) is 10.8. The average molecular weight is 392 g/mol. The average Bonchev–Trinajstić information content (AvgIpc) is 2.61. The third kappa shape index (κ3) is 13.9. The molecule has 11 heteroatoms. The molecule has 27 heavy (non-hydrogen) atoms. The summed E-state index contributed by atoms with van der Waals surface area (Å²) >= 11 is 0. The highest BCUT2D eigenvalue weighted by atomic mass is 16.5. The number of aliphatic imine (C=N–C) groups is 1. The number of nitrogens with two attached hydrogens (primary N) is 2. The lowest BCUT2D eigenvalue weighted by molar-refractivity contribution is -0.145. The minimum atomic E-state index is -1.19. The van der Waals surface area contributed by atoms with E-state index >= 15 is 0 Å². The topological polar surface area (TPSA) is 159 Å². The number of aliphatic carboxylic acids is 1. The van der Waals surface area contributed by atoms with Crippen molar-refractivity contribution in [2.24, 2.45) is 16.5 Å². The molecule has 0 heterocycles. The van der Waals surface area contributed by atoms with Crippen molar-refractivity contribution in [3.63, 3.8) is 0 Å². The van der Waals surface area contributed by atoms with Gasteiger partial charge in [0.1, 0.15) is 0 Å². The quantitative estimate of drug-likeness (QED) is 0.160. The van der Waals surface area contributed by atoms with E-state index in [-0.39, 0.29) is 25.6 Å². The van der Waals surface area contributed by atoms with E-state index in [1.54, 1.807) is 7.11 Å². The van der Waals surface area contributed by atoms with Crippen molar-refractivity contribution < 1.29 is 33.6 Å². The second-order valence-corrected chi connectivity index (χ2v) is 5.55. The first kappa shape index (κ1) is 25.1. The molecule has 0 aliphatic rings. The molecular formula is C16H32N4O7. The van der Waals surface area contributed by atoms with Gasteiger partial charge in [-0.3, -0.25) is 9.59 Å². The van der Waals surface area contributed by atoms with Gasteiger partial charge in [0.05, 0.1) is 33.0 Å². The fourth-order valence-electron chi connectivity index (χ4n) is 2.03. The Morgan fingerprint density at radius 2 is 1.67 bits per heavy atom. The zero-order chi connectivity index (χ0) is 20.5. The smallest absolute Gasteiger partial charge is 0.303 e. The lowest BCUT2D eigenvalue weighted by Crippen LogP contribution is -2.43. The minimum absolute atomic E-state index is 0.0358. The van der Waals surface area contributed by atoms with Crippen molar-refractivity contribution in [3.8, 4) is 0 Å². The lowest BCUT2D eigenvalue weighted by Gasteiger charge is -2.26. The number of ether oxygens (including phenoxy) is 4. The molecule has 0 fully saturated rings. The summed E-state index contributed by atoms with van der Waals surface area (Å²) in [6.45, 7) is 2.19. The van der Waals surface area contributed by atoms with Crippen molar-refractivity contribution in [3.05, 3.63) is 0 Å². The predicted octanol–water partition coefficient (Wildman–Crippen LogP) is -1.00. The van der Waals surface area contributed by atoms with Crippen LogP contribution in [-0.2, 0) is 28.5 Å². The van der Waals surface area contributed by atoms with Gasteiger partial charge in [-0.25, -0.2) is 4.99 Å². The largest absolute Gasteiger partial charge is 0.481 e. The summed E-state index contributed by atoms with van der Waals surface area (Å²) in [6.07, 6.45) is -0.193. The van der Waals surface area contributed by atoms with Crippen LogP contribution in [0.2, 0.25) is 0 Å². The number of hydrogen-bond donors (Lipinski definition) is 3. The summed E-state index contributed by atoms with van der Waals surface area (Å²) in [7, 11) is 3.08. The predicted molar refractivity (Wildman–Crippen MR) is 98.2 cm³/mol. The minimum Gasteiger partial charge on any atom is -0.481 e. The van der Waals surface area contributed by atoms with Gasteiger partial charge in [0, 0.05) is 33.7 Å². The molecule has 1 amide bonds. The molecule has 0 radical (unpaired) electrons. The number of amides is 1. The highest BCUT2D eigenvalue weighted by Crippen LogP contribution is 2.06. The third-order valence-electron chi connectivity index (χ3n) is 3.36. The first-order chi connectivity index (χ1) is 12.9. The van der Waals surface area contributed by atoms with Crippen LogP contribution in [0.1, 0.15) is 19.3 Å². The molecule has 5 N–H and O–H groups in total. The molecule has 0 aromatic heterocycles. The van der Waals surface area contributed by atoms with Crippen molar-refractivity contribution in [1.29, 1.82) is 0 Å². The van der Waals surface area contributed by atoms with Crippen LogP contribution in [0.4, 0.5) is 0 Å². The van der Waals surface area contributed by atoms with Gasteiger partial charge in [0.2, 0.25) is 6.23 Å². The number of carboxylic acid groups (broad SMARTS) is 1. The van der Waals surface area contributed by atoms with Crippen molar-refractivity contribution in [1.82, 2.24) is 4.90 Å². The van der Waals surface area contributed by atoms with Crippen LogP contribution < -0.4 is 11.5 Å². The summed E-state index contributed by atoms with van der Waals surface area (Å²) in [6, 6.07) is 0. The monoisotopic (exact) mass is 392 g/mol. The molecule has 158 valence electrons. The number of hydrogen-bond acceptors (Lipinski definition) is 7. The van der Waals surface area contributed by atoms with Gasteiger partial charge in [-0.05, 0) is 12.8 Å². The van der Waals surface area contributed by atoms with E-state index in [1.165, 1.54) is 12.0 Å². The second-order valence-electron chi connectivity index (χ2n) is 5.55. The number of unbranched alkanes of at least 4 members (excludes halogenated alkanes) is 1. The highest BCUT2D eigenvalue weighted by Gasteiger charge is 2.24. The Labute approximate surface area is 159 Å². The number of methoxy groups -OCH3 is 2. The van der Waals surface area contributed by atoms with E-state index in [4.69, 9.17) is 35.5 Å². The van der Waals surface area contributed by atoms with Gasteiger partial charge in [-0.2, -0.15) is 0 Å². The Hall–Kier alpha value is -1.95. The Morgan fingerprint density at radius 1 is 1.00 bits per heavy atom. The summed E-state index contributed by atoms with van der Waals surface area (Å²) in [5, 5.41) is 8.73. The number of carbonyl (C=O) groups is 2. The van der Waals surface area contributed by atoms with Crippen molar-refractivity contribution in [2.45, 2.75) is 25.5 Å². The number of carboxylic acids is 1. The van der Waals surface area contributed by atoms with Crippen LogP contribution >= 0.6 is 0 Å². The Bertz CT molecular complexity index is 444. The molecule has 0 aliphatic heterocycles. The third-order valence-corrected chi connectivity index (χ3v) is 3.36. The Balaban J connectivity index is 4.82. The van der Waals surface area contributed by atoms with Crippen LogP contribution in [0.3, 0.4) is 0 Å². The van der Waals surface area contributed by atoms with E-state index in [2.05, 4.69) is 4.99 Å². The standard InChI is InChI=1S/C16H32N4O7/c1-24-9-11-26-8-7-20(6-4-3-5-13(21)22)15(23)14(19-16(17)18)27-12-10-25-2/h14H,3-12H2,1-2H3,(H,21,22)(H4,17,18,19)/t14-/m0/s1. The van der Waals surface area contributed by atoms with Crippen molar-refractivity contribution in [2.75, 3.05) is 60.3 Å². The van der Waals surface area contributed by atoms with Gasteiger partial charge in [0.15, 0.2) is 5.96 Å². The van der Waals surface area contributed by atoms with Gasteiger partial charge >= 0.3 is 5.97 Å². The first-order valence-electron chi connectivity index (χ1n) is 8.68. The molecule has 0 saturated heterocycles. The molecule has 0 rings (SSSR count). The lowest BCUT2D eigenvalue weighted by atomic mass is 10.2. The number of nitrogens with zero attached hydrogens (tertiary/aromatic N) is 2. The van der Waals surface area contributed by atoms with Crippen LogP contribution in [0.25, 0.3) is 0 Å². The second kappa shape index (κ2) is 16.2. The van der Waals surface area contributed by atoms with Crippen LogP contribution in [0.5, 0.6) is 0 Å².